The van der Waals surface area contributed by atoms with Crippen molar-refractivity contribution in [3.05, 3.63) is 64.2 Å². The van der Waals surface area contributed by atoms with Crippen LogP contribution in [0.1, 0.15) is 22.1 Å². The van der Waals surface area contributed by atoms with Gasteiger partial charge in [-0.25, -0.2) is 4.79 Å². The Hall–Kier alpha value is -1.65. The lowest BCUT2D eigenvalue weighted by Crippen LogP contribution is -2.34. The van der Waals surface area contributed by atoms with E-state index in [4.69, 9.17) is 11.6 Å². The fraction of sp³-hybridized carbons (Fsp3) is 0.278. The largest absolute Gasteiger partial charge is 0.323 e. The maximum atomic E-state index is 12.7. The highest BCUT2D eigenvalue weighted by molar-refractivity contribution is 7.99. The Morgan fingerprint density at radius 1 is 1.26 bits per heavy atom. The second-order valence-electron chi connectivity index (χ2n) is 5.65. The Kier molecular flexibility index (Phi) is 4.83. The molecule has 3 nitrogen and oxygen atoms in total. The number of hydrogen-bond donors (Lipinski definition) is 1. The number of hydrogen-bond acceptors (Lipinski definition) is 2. The second kappa shape index (κ2) is 6.85. The molecule has 0 radical (unpaired) electrons. The number of amides is 2. The third-order valence-electron chi connectivity index (χ3n) is 4.13. The molecule has 0 saturated carbocycles. The van der Waals surface area contributed by atoms with Crippen LogP contribution in [0, 0.1) is 13.8 Å². The van der Waals surface area contributed by atoms with E-state index in [1.54, 1.807) is 11.8 Å². The van der Waals surface area contributed by atoms with Crippen LogP contribution in [-0.4, -0.2) is 23.2 Å². The summed E-state index contributed by atoms with van der Waals surface area (Å²) in [7, 11) is 0. The van der Waals surface area contributed by atoms with Gasteiger partial charge in [0, 0.05) is 23.0 Å². The molecule has 2 aromatic rings. The smallest absolute Gasteiger partial charge is 0.308 e. The zero-order valence-corrected chi connectivity index (χ0v) is 14.7. The summed E-state index contributed by atoms with van der Waals surface area (Å²) in [5.74, 6) is 0.928. The van der Waals surface area contributed by atoms with E-state index in [-0.39, 0.29) is 11.4 Å². The monoisotopic (exact) mass is 346 g/mol. The van der Waals surface area contributed by atoms with Crippen molar-refractivity contribution >= 4 is 35.1 Å². The first-order valence-electron chi connectivity index (χ1n) is 7.57. The molecule has 0 spiro atoms. The number of urea groups is 1. The Bertz CT molecular complexity index is 735. The second-order valence-corrected chi connectivity index (χ2v) is 7.27. The molecule has 23 heavy (non-hydrogen) atoms. The Balaban J connectivity index is 1.80. The number of carbonyl (C=O) groups is 1. The summed E-state index contributed by atoms with van der Waals surface area (Å²) in [6.45, 7) is 4.81. The highest BCUT2D eigenvalue weighted by atomic mass is 35.5. The number of thioether (sulfide) groups is 1. The predicted octanol–water partition coefficient (Wildman–Crippen LogP) is 5.24. The van der Waals surface area contributed by atoms with Gasteiger partial charge < -0.3 is 10.2 Å². The van der Waals surface area contributed by atoms with E-state index in [0.29, 0.717) is 5.02 Å². The number of benzene rings is 2. The van der Waals surface area contributed by atoms with Crippen molar-refractivity contribution < 1.29 is 4.79 Å². The lowest BCUT2D eigenvalue weighted by molar-refractivity contribution is 0.214. The van der Waals surface area contributed by atoms with Crippen LogP contribution < -0.4 is 5.32 Å². The van der Waals surface area contributed by atoms with Crippen molar-refractivity contribution in [1.29, 1.82) is 0 Å². The van der Waals surface area contributed by atoms with Gasteiger partial charge in [-0.2, -0.15) is 0 Å². The molecule has 1 saturated heterocycles. The van der Waals surface area contributed by atoms with Crippen molar-refractivity contribution in [2.24, 2.45) is 0 Å². The van der Waals surface area contributed by atoms with Crippen LogP contribution in [0.25, 0.3) is 0 Å². The summed E-state index contributed by atoms with van der Waals surface area (Å²) >= 11 is 7.86. The molecule has 0 unspecified atom stereocenters. The third-order valence-corrected chi connectivity index (χ3v) is 5.63. The summed E-state index contributed by atoms with van der Waals surface area (Å²) in [6.07, 6.45) is 0. The summed E-state index contributed by atoms with van der Waals surface area (Å²) in [4.78, 5) is 14.6. The molecule has 1 atom stereocenters. The van der Waals surface area contributed by atoms with Crippen molar-refractivity contribution in [2.75, 3.05) is 17.6 Å². The van der Waals surface area contributed by atoms with Gasteiger partial charge in [0.2, 0.25) is 0 Å². The first-order valence-corrected chi connectivity index (χ1v) is 9.00. The third kappa shape index (κ3) is 3.48. The van der Waals surface area contributed by atoms with Crippen LogP contribution in [0.4, 0.5) is 10.5 Å². The van der Waals surface area contributed by atoms with E-state index >= 15 is 0 Å². The lowest BCUT2D eigenvalue weighted by atomic mass is 10.1. The number of nitrogens with one attached hydrogen (secondary N) is 1. The number of carbonyl (C=O) groups excluding carboxylic acids is 1. The Morgan fingerprint density at radius 2 is 2.04 bits per heavy atom. The Labute approximate surface area is 146 Å². The van der Waals surface area contributed by atoms with Crippen LogP contribution in [0.2, 0.25) is 5.02 Å². The number of halogens is 1. The van der Waals surface area contributed by atoms with E-state index in [0.717, 1.165) is 29.1 Å². The van der Waals surface area contributed by atoms with E-state index in [1.165, 1.54) is 5.56 Å². The number of nitrogens with zero attached hydrogens (tertiary/aromatic N) is 1. The van der Waals surface area contributed by atoms with Gasteiger partial charge in [0.05, 0.1) is 0 Å². The van der Waals surface area contributed by atoms with Crippen molar-refractivity contribution in [1.82, 2.24) is 4.90 Å². The molecule has 0 bridgehead atoms. The predicted molar refractivity (Wildman–Crippen MR) is 98.3 cm³/mol. The zero-order chi connectivity index (χ0) is 16.4. The molecule has 2 amide bonds. The molecule has 1 heterocycles. The van der Waals surface area contributed by atoms with Gasteiger partial charge in [-0.3, -0.25) is 0 Å². The molecule has 2 aromatic carbocycles. The first kappa shape index (κ1) is 16.2. The molecule has 0 aromatic heterocycles. The number of rotatable bonds is 2. The van der Waals surface area contributed by atoms with Gasteiger partial charge in [0.25, 0.3) is 0 Å². The van der Waals surface area contributed by atoms with Crippen LogP contribution in [-0.2, 0) is 0 Å². The zero-order valence-electron chi connectivity index (χ0n) is 13.2. The van der Waals surface area contributed by atoms with Gasteiger partial charge in [-0.05, 0) is 48.7 Å². The summed E-state index contributed by atoms with van der Waals surface area (Å²) in [6, 6.07) is 13.6. The van der Waals surface area contributed by atoms with Gasteiger partial charge in [-0.1, -0.05) is 35.9 Å². The molecule has 1 aliphatic heterocycles. The van der Waals surface area contributed by atoms with Gasteiger partial charge in [-0.15, -0.1) is 11.8 Å². The standard InChI is InChI=1S/C18H19ClN2OS/c1-12-5-3-8-16(13(12)2)20-18(22)21-9-10-23-17(21)14-6-4-7-15(19)11-14/h3-8,11,17H,9-10H2,1-2H3,(H,20,22)/t17-/m0/s1. The van der Waals surface area contributed by atoms with Crippen molar-refractivity contribution in [2.45, 2.75) is 19.2 Å². The SMILES string of the molecule is Cc1cccc(NC(=O)N2CCS[C@H]2c2cccc(Cl)c2)c1C. The highest BCUT2D eigenvalue weighted by Crippen LogP contribution is 2.39. The van der Waals surface area contributed by atoms with Crippen LogP contribution in [0.15, 0.2) is 42.5 Å². The Morgan fingerprint density at radius 3 is 2.83 bits per heavy atom. The van der Waals surface area contributed by atoms with Gasteiger partial charge in [0.1, 0.15) is 5.37 Å². The van der Waals surface area contributed by atoms with E-state index in [9.17, 15) is 4.79 Å². The molecule has 1 N–H and O–H groups in total. The van der Waals surface area contributed by atoms with Crippen LogP contribution in [0.3, 0.4) is 0 Å². The quantitative estimate of drug-likeness (QED) is 0.806. The molecule has 5 heteroatoms. The maximum Gasteiger partial charge on any atom is 0.323 e. The summed E-state index contributed by atoms with van der Waals surface area (Å²) in [5.41, 5.74) is 4.21. The highest BCUT2D eigenvalue weighted by Gasteiger charge is 2.31. The summed E-state index contributed by atoms with van der Waals surface area (Å²) < 4.78 is 0. The van der Waals surface area contributed by atoms with Crippen LogP contribution >= 0.6 is 23.4 Å². The first-order chi connectivity index (χ1) is 11.1. The number of anilines is 1. The molecule has 0 aliphatic carbocycles. The number of aryl methyl sites for hydroxylation is 1. The fourth-order valence-electron chi connectivity index (χ4n) is 2.69. The average Bonchev–Trinajstić information content (AvgIpc) is 3.01. The minimum Gasteiger partial charge on any atom is -0.308 e. The minimum absolute atomic E-state index is 0.0128. The van der Waals surface area contributed by atoms with E-state index in [2.05, 4.69) is 5.32 Å². The van der Waals surface area contributed by atoms with E-state index < -0.39 is 0 Å². The molecular formula is C18H19ClN2OS. The normalized spacial score (nSPS) is 17.3. The maximum absolute atomic E-state index is 12.7. The van der Waals surface area contributed by atoms with Gasteiger partial charge in [0.15, 0.2) is 0 Å². The molecular weight excluding hydrogens is 328 g/mol. The molecule has 1 aliphatic rings. The van der Waals surface area contributed by atoms with Crippen LogP contribution in [0.5, 0.6) is 0 Å². The van der Waals surface area contributed by atoms with Gasteiger partial charge >= 0.3 is 6.03 Å². The van der Waals surface area contributed by atoms with Crippen molar-refractivity contribution in [3.8, 4) is 0 Å². The fourth-order valence-corrected chi connectivity index (χ4v) is 4.13. The minimum atomic E-state index is -0.0614. The molecule has 3 rings (SSSR count). The topological polar surface area (TPSA) is 32.3 Å². The molecule has 1 fully saturated rings. The molecule has 120 valence electrons. The summed E-state index contributed by atoms with van der Waals surface area (Å²) in [5, 5.41) is 3.76. The van der Waals surface area contributed by atoms with E-state index in [1.807, 2.05) is 61.2 Å². The lowest BCUT2D eigenvalue weighted by Gasteiger charge is -2.25. The van der Waals surface area contributed by atoms with Crippen molar-refractivity contribution in [3.63, 3.8) is 0 Å². The average molecular weight is 347 g/mol.